The molecule has 0 aromatic rings. The SMILES string of the molecule is O=C(CN1CCCCC1C1CCCC1=O)NCC(F)(F)F. The molecule has 2 aliphatic rings. The first-order valence-electron chi connectivity index (χ1n) is 7.47. The highest BCUT2D eigenvalue weighted by molar-refractivity contribution is 5.84. The molecule has 0 aromatic heterocycles. The average molecular weight is 306 g/mol. The molecule has 2 unspecified atom stereocenters. The van der Waals surface area contributed by atoms with E-state index in [1.165, 1.54) is 0 Å². The topological polar surface area (TPSA) is 49.4 Å². The molecule has 2 rings (SSSR count). The summed E-state index contributed by atoms with van der Waals surface area (Å²) in [5.41, 5.74) is 0. The van der Waals surface area contributed by atoms with Crippen LogP contribution < -0.4 is 5.32 Å². The van der Waals surface area contributed by atoms with Crippen LogP contribution in [0.1, 0.15) is 38.5 Å². The minimum Gasteiger partial charge on any atom is -0.346 e. The van der Waals surface area contributed by atoms with Crippen molar-refractivity contribution in [2.24, 2.45) is 5.92 Å². The van der Waals surface area contributed by atoms with Crippen molar-refractivity contribution in [3.05, 3.63) is 0 Å². The van der Waals surface area contributed by atoms with Gasteiger partial charge in [-0.1, -0.05) is 6.42 Å². The predicted molar refractivity (Wildman–Crippen MR) is 70.6 cm³/mol. The van der Waals surface area contributed by atoms with Gasteiger partial charge in [0, 0.05) is 18.4 Å². The zero-order chi connectivity index (χ0) is 15.5. The van der Waals surface area contributed by atoms with Gasteiger partial charge in [0.1, 0.15) is 12.3 Å². The lowest BCUT2D eigenvalue weighted by Gasteiger charge is -2.38. The van der Waals surface area contributed by atoms with Crippen molar-refractivity contribution in [1.82, 2.24) is 10.2 Å². The van der Waals surface area contributed by atoms with Gasteiger partial charge in [-0.3, -0.25) is 14.5 Å². The number of Topliss-reactive ketones (excluding diaryl/α,β-unsaturated/α-hetero) is 1. The molecule has 2 fully saturated rings. The minimum atomic E-state index is -4.39. The van der Waals surface area contributed by atoms with E-state index in [1.807, 2.05) is 10.2 Å². The Balaban J connectivity index is 1.89. The fourth-order valence-corrected chi connectivity index (χ4v) is 3.36. The summed E-state index contributed by atoms with van der Waals surface area (Å²) in [5, 5.41) is 1.90. The van der Waals surface area contributed by atoms with Crippen molar-refractivity contribution in [3.63, 3.8) is 0 Å². The van der Waals surface area contributed by atoms with E-state index in [9.17, 15) is 22.8 Å². The molecule has 1 amide bonds. The van der Waals surface area contributed by atoms with Gasteiger partial charge in [0.05, 0.1) is 6.54 Å². The first-order chi connectivity index (χ1) is 9.87. The molecule has 1 N–H and O–H groups in total. The monoisotopic (exact) mass is 306 g/mol. The number of alkyl halides is 3. The molecule has 1 aliphatic carbocycles. The van der Waals surface area contributed by atoms with Crippen LogP contribution in [0, 0.1) is 5.92 Å². The maximum atomic E-state index is 12.1. The summed E-state index contributed by atoms with van der Waals surface area (Å²) in [7, 11) is 0. The highest BCUT2D eigenvalue weighted by Gasteiger charge is 2.37. The van der Waals surface area contributed by atoms with Crippen LogP contribution in [-0.2, 0) is 9.59 Å². The van der Waals surface area contributed by atoms with Gasteiger partial charge in [0.25, 0.3) is 0 Å². The quantitative estimate of drug-likeness (QED) is 0.863. The van der Waals surface area contributed by atoms with Crippen LogP contribution in [0.3, 0.4) is 0 Å². The van der Waals surface area contributed by atoms with E-state index >= 15 is 0 Å². The number of nitrogens with zero attached hydrogens (tertiary/aromatic N) is 1. The average Bonchev–Trinajstić information content (AvgIpc) is 2.82. The van der Waals surface area contributed by atoms with Gasteiger partial charge in [-0.15, -0.1) is 0 Å². The summed E-state index contributed by atoms with van der Waals surface area (Å²) in [6, 6.07) is 0.0189. The van der Waals surface area contributed by atoms with Crippen molar-refractivity contribution in [1.29, 1.82) is 0 Å². The number of likely N-dealkylation sites (tertiary alicyclic amines) is 1. The van der Waals surface area contributed by atoms with E-state index in [0.29, 0.717) is 13.0 Å². The summed E-state index contributed by atoms with van der Waals surface area (Å²) in [5.74, 6) is -0.423. The first kappa shape index (κ1) is 16.3. The van der Waals surface area contributed by atoms with Crippen molar-refractivity contribution in [3.8, 4) is 0 Å². The molecular weight excluding hydrogens is 285 g/mol. The Morgan fingerprint density at radius 3 is 2.62 bits per heavy atom. The summed E-state index contributed by atoms with van der Waals surface area (Å²) >= 11 is 0. The first-order valence-corrected chi connectivity index (χ1v) is 7.47. The molecule has 0 bridgehead atoms. The van der Waals surface area contributed by atoms with Crippen LogP contribution in [0.15, 0.2) is 0 Å². The number of ketones is 1. The molecule has 0 aromatic carbocycles. The molecule has 1 saturated heterocycles. The number of carbonyl (C=O) groups excluding carboxylic acids is 2. The number of rotatable bonds is 4. The second-order valence-corrected chi connectivity index (χ2v) is 5.89. The lowest BCUT2D eigenvalue weighted by molar-refractivity contribution is -0.140. The summed E-state index contributed by atoms with van der Waals surface area (Å²) < 4.78 is 36.3. The zero-order valence-corrected chi connectivity index (χ0v) is 11.9. The number of piperidine rings is 1. The summed E-state index contributed by atoms with van der Waals surface area (Å²) in [6.07, 6.45) is 0.702. The third kappa shape index (κ3) is 4.69. The summed E-state index contributed by atoms with van der Waals surface area (Å²) in [4.78, 5) is 25.4. The van der Waals surface area contributed by atoms with Crippen molar-refractivity contribution in [2.75, 3.05) is 19.6 Å². The lowest BCUT2D eigenvalue weighted by atomic mass is 9.88. The van der Waals surface area contributed by atoms with Crippen LogP contribution in [0.4, 0.5) is 13.2 Å². The van der Waals surface area contributed by atoms with E-state index in [2.05, 4.69) is 0 Å². The summed E-state index contributed by atoms with van der Waals surface area (Å²) in [6.45, 7) is -0.675. The van der Waals surface area contributed by atoms with E-state index in [1.54, 1.807) is 0 Å². The molecule has 0 spiro atoms. The van der Waals surface area contributed by atoms with E-state index in [0.717, 1.165) is 32.1 Å². The molecule has 4 nitrogen and oxygen atoms in total. The minimum absolute atomic E-state index is 0.0189. The number of halogens is 3. The van der Waals surface area contributed by atoms with Gasteiger partial charge in [0.15, 0.2) is 0 Å². The Morgan fingerprint density at radius 1 is 1.24 bits per heavy atom. The molecule has 21 heavy (non-hydrogen) atoms. The van der Waals surface area contributed by atoms with E-state index in [4.69, 9.17) is 0 Å². The molecule has 120 valence electrons. The fraction of sp³-hybridized carbons (Fsp3) is 0.857. The Hall–Kier alpha value is -1.11. The molecule has 1 aliphatic heterocycles. The van der Waals surface area contributed by atoms with Gasteiger partial charge in [-0.25, -0.2) is 0 Å². The Morgan fingerprint density at radius 2 is 2.00 bits per heavy atom. The van der Waals surface area contributed by atoms with Crippen molar-refractivity contribution >= 4 is 11.7 Å². The van der Waals surface area contributed by atoms with Gasteiger partial charge < -0.3 is 5.32 Å². The number of nitrogens with one attached hydrogen (secondary N) is 1. The molecule has 1 saturated carbocycles. The second-order valence-electron chi connectivity index (χ2n) is 5.89. The number of hydrogen-bond acceptors (Lipinski definition) is 3. The number of amides is 1. The standard InChI is InChI=1S/C14H21F3N2O2/c15-14(16,17)9-18-13(21)8-19-7-2-1-5-11(19)10-4-3-6-12(10)20/h10-11H,1-9H2,(H,18,21). The maximum Gasteiger partial charge on any atom is 0.405 e. The van der Waals surface area contributed by atoms with Gasteiger partial charge in [-0.05, 0) is 32.2 Å². The van der Waals surface area contributed by atoms with Crippen LogP contribution >= 0.6 is 0 Å². The van der Waals surface area contributed by atoms with Crippen LogP contribution in [0.5, 0.6) is 0 Å². The highest BCUT2D eigenvalue weighted by atomic mass is 19.4. The third-order valence-electron chi connectivity index (χ3n) is 4.31. The normalized spacial score (nSPS) is 27.9. The largest absolute Gasteiger partial charge is 0.405 e. The molecule has 0 radical (unpaired) electrons. The smallest absolute Gasteiger partial charge is 0.346 e. The van der Waals surface area contributed by atoms with Crippen LogP contribution in [0.2, 0.25) is 0 Å². The van der Waals surface area contributed by atoms with Crippen LogP contribution in [-0.4, -0.2) is 48.4 Å². The molecular formula is C14H21F3N2O2. The van der Waals surface area contributed by atoms with Gasteiger partial charge in [-0.2, -0.15) is 13.2 Å². The van der Waals surface area contributed by atoms with E-state index in [-0.39, 0.29) is 24.3 Å². The molecule has 7 heteroatoms. The van der Waals surface area contributed by atoms with Crippen LogP contribution in [0.25, 0.3) is 0 Å². The lowest BCUT2D eigenvalue weighted by Crippen LogP contribution is -2.50. The van der Waals surface area contributed by atoms with E-state index < -0.39 is 18.6 Å². The van der Waals surface area contributed by atoms with Crippen molar-refractivity contribution in [2.45, 2.75) is 50.7 Å². The highest BCUT2D eigenvalue weighted by Crippen LogP contribution is 2.32. The third-order valence-corrected chi connectivity index (χ3v) is 4.31. The number of carbonyl (C=O) groups is 2. The maximum absolute atomic E-state index is 12.1. The van der Waals surface area contributed by atoms with Gasteiger partial charge in [0.2, 0.25) is 5.91 Å². The Labute approximate surface area is 122 Å². The number of hydrogen-bond donors (Lipinski definition) is 1. The fourth-order valence-electron chi connectivity index (χ4n) is 3.36. The molecule has 1 heterocycles. The zero-order valence-electron chi connectivity index (χ0n) is 11.9. The molecule has 2 atom stereocenters. The Bertz CT molecular complexity index is 398. The second kappa shape index (κ2) is 6.77. The van der Waals surface area contributed by atoms with Crippen molar-refractivity contribution < 1.29 is 22.8 Å². The Kier molecular flexibility index (Phi) is 5.24. The van der Waals surface area contributed by atoms with Gasteiger partial charge >= 0.3 is 6.18 Å². The predicted octanol–water partition coefficient (Wildman–Crippen LogP) is 1.89.